The van der Waals surface area contributed by atoms with Gasteiger partial charge in [-0.3, -0.25) is 0 Å². The van der Waals surface area contributed by atoms with E-state index in [4.69, 9.17) is 0 Å². The van der Waals surface area contributed by atoms with Crippen LogP contribution in [0.3, 0.4) is 0 Å². The number of aromatic carboxylic acids is 1. The highest BCUT2D eigenvalue weighted by Gasteiger charge is 2.12. The molecule has 0 spiro atoms. The zero-order chi connectivity index (χ0) is 15.1. The Labute approximate surface area is 134 Å². The topological polar surface area (TPSA) is 53.0 Å². The fourth-order valence-corrected chi connectivity index (χ4v) is 3.68. The molecule has 0 fully saturated rings. The highest BCUT2D eigenvalue weighted by Crippen LogP contribution is 2.32. The summed E-state index contributed by atoms with van der Waals surface area (Å²) < 4.78 is 0.814. The molecule has 0 amide bonds. The van der Waals surface area contributed by atoms with Crippen molar-refractivity contribution in [3.63, 3.8) is 0 Å². The van der Waals surface area contributed by atoms with E-state index in [2.05, 4.69) is 20.9 Å². The largest absolute Gasteiger partial charge is 0.545 e. The molecule has 3 nitrogen and oxygen atoms in total. The van der Waals surface area contributed by atoms with E-state index in [9.17, 15) is 9.90 Å². The first-order chi connectivity index (χ1) is 9.95. The number of benzene rings is 1. The Balaban J connectivity index is 2.33. The highest BCUT2D eigenvalue weighted by atomic mass is 79.9. The summed E-state index contributed by atoms with van der Waals surface area (Å²) in [5.41, 5.74) is 2.47. The lowest BCUT2D eigenvalue weighted by Gasteiger charge is -2.10. The van der Waals surface area contributed by atoms with Gasteiger partial charge >= 0.3 is 0 Å². The lowest BCUT2D eigenvalue weighted by molar-refractivity contribution is -0.254. The van der Waals surface area contributed by atoms with Crippen molar-refractivity contribution in [1.29, 1.82) is 0 Å². The van der Waals surface area contributed by atoms with E-state index < -0.39 is 5.97 Å². The van der Waals surface area contributed by atoms with Gasteiger partial charge in [-0.25, -0.2) is 4.98 Å². The summed E-state index contributed by atoms with van der Waals surface area (Å²) in [6, 6.07) is 9.04. The third kappa shape index (κ3) is 2.59. The number of fused-ring (bicyclic) bond motifs is 1. The third-order valence-corrected chi connectivity index (χ3v) is 4.77. The van der Waals surface area contributed by atoms with Gasteiger partial charge in [0, 0.05) is 30.7 Å². The van der Waals surface area contributed by atoms with Crippen molar-refractivity contribution in [3.05, 3.63) is 50.1 Å². The third-order valence-electron chi connectivity index (χ3n) is 3.31. The number of pyridine rings is 1. The van der Waals surface area contributed by atoms with Crippen LogP contribution in [-0.4, -0.2) is 11.0 Å². The van der Waals surface area contributed by atoms with E-state index in [-0.39, 0.29) is 5.56 Å². The van der Waals surface area contributed by atoms with Gasteiger partial charge < -0.3 is 9.90 Å². The van der Waals surface area contributed by atoms with Crippen molar-refractivity contribution in [1.82, 2.24) is 4.98 Å². The summed E-state index contributed by atoms with van der Waals surface area (Å²) in [6.07, 6.45) is 0. The van der Waals surface area contributed by atoms with Crippen molar-refractivity contribution in [3.8, 4) is 11.3 Å². The van der Waals surface area contributed by atoms with Gasteiger partial charge in [0.05, 0.1) is 17.2 Å². The van der Waals surface area contributed by atoms with E-state index >= 15 is 0 Å². The number of carboxylic acid groups (broad SMARTS) is 1. The molecule has 0 aliphatic rings. The maximum Gasteiger partial charge on any atom is 0.0727 e. The van der Waals surface area contributed by atoms with Crippen LogP contribution in [0.15, 0.2) is 34.8 Å². The number of hydrogen-bond acceptors (Lipinski definition) is 4. The van der Waals surface area contributed by atoms with Crippen LogP contribution >= 0.6 is 27.3 Å². The molecule has 3 rings (SSSR count). The molecule has 0 aliphatic heterocycles. The fourth-order valence-electron chi connectivity index (χ4n) is 2.39. The maximum atomic E-state index is 11.4. The summed E-state index contributed by atoms with van der Waals surface area (Å²) in [6.45, 7) is 4.04. The maximum absolute atomic E-state index is 11.4. The molecule has 0 atom stereocenters. The number of carbonyl (C=O) groups is 1. The van der Waals surface area contributed by atoms with Crippen molar-refractivity contribution >= 4 is 44.1 Å². The first-order valence-corrected chi connectivity index (χ1v) is 7.95. The number of nitrogens with zero attached hydrogens (tertiary/aromatic N) is 1. The standard InChI is InChI=1S/C16H12BrNO2S/c1-8-5-11(9(2)21-8)15-7-13(16(19)20)12-6-10(17)3-4-14(12)18-15/h3-7H,1-2H3,(H,19,20)/p-1. The minimum Gasteiger partial charge on any atom is -0.545 e. The van der Waals surface area contributed by atoms with Gasteiger partial charge in [0.15, 0.2) is 0 Å². The van der Waals surface area contributed by atoms with E-state index in [0.717, 1.165) is 14.9 Å². The molecular weight excluding hydrogens is 350 g/mol. The Morgan fingerprint density at radius 2 is 2.00 bits per heavy atom. The number of thiophene rings is 1. The van der Waals surface area contributed by atoms with Gasteiger partial charge in [0.25, 0.3) is 0 Å². The smallest absolute Gasteiger partial charge is 0.0727 e. The van der Waals surface area contributed by atoms with Crippen LogP contribution in [0.1, 0.15) is 20.1 Å². The first kappa shape index (κ1) is 14.2. The van der Waals surface area contributed by atoms with Crippen LogP contribution in [0.5, 0.6) is 0 Å². The lowest BCUT2D eigenvalue weighted by Crippen LogP contribution is -2.22. The molecule has 0 saturated heterocycles. The summed E-state index contributed by atoms with van der Waals surface area (Å²) in [4.78, 5) is 18.3. The molecule has 0 N–H and O–H groups in total. The number of carboxylic acids is 1. The Bertz CT molecular complexity index is 870. The van der Waals surface area contributed by atoms with E-state index in [1.807, 2.05) is 32.0 Å². The van der Waals surface area contributed by atoms with Crippen molar-refractivity contribution in [2.24, 2.45) is 0 Å². The molecule has 2 aromatic heterocycles. The van der Waals surface area contributed by atoms with Crippen molar-refractivity contribution < 1.29 is 9.90 Å². The van der Waals surface area contributed by atoms with Crippen LogP contribution in [-0.2, 0) is 0 Å². The summed E-state index contributed by atoms with van der Waals surface area (Å²) in [5.74, 6) is -1.19. The molecular formula is C16H11BrNO2S-. The predicted octanol–water partition coefficient (Wildman–Crippen LogP) is 3.71. The normalized spacial score (nSPS) is 11.0. The molecule has 0 unspecified atom stereocenters. The molecule has 0 saturated carbocycles. The minimum absolute atomic E-state index is 0.166. The number of hydrogen-bond donors (Lipinski definition) is 0. The van der Waals surface area contributed by atoms with Crippen LogP contribution < -0.4 is 5.11 Å². The predicted molar refractivity (Wildman–Crippen MR) is 86.6 cm³/mol. The molecule has 106 valence electrons. The fraction of sp³-hybridized carbons (Fsp3) is 0.125. The number of rotatable bonds is 2. The molecule has 21 heavy (non-hydrogen) atoms. The molecule has 0 radical (unpaired) electrons. The van der Waals surface area contributed by atoms with Crippen LogP contribution in [0.2, 0.25) is 0 Å². The molecule has 0 aliphatic carbocycles. The van der Waals surface area contributed by atoms with Crippen LogP contribution in [0, 0.1) is 13.8 Å². The number of halogens is 1. The van der Waals surface area contributed by atoms with Crippen molar-refractivity contribution in [2.45, 2.75) is 13.8 Å². The molecule has 2 heterocycles. The second-order valence-electron chi connectivity index (χ2n) is 4.83. The van der Waals surface area contributed by atoms with Gasteiger partial charge in [-0.1, -0.05) is 15.9 Å². The van der Waals surface area contributed by atoms with Gasteiger partial charge in [-0.2, -0.15) is 0 Å². The highest BCUT2D eigenvalue weighted by molar-refractivity contribution is 9.10. The number of carbonyl (C=O) groups excluding carboxylic acids is 1. The van der Waals surface area contributed by atoms with Crippen LogP contribution in [0.25, 0.3) is 22.2 Å². The van der Waals surface area contributed by atoms with Gasteiger partial charge in [0.2, 0.25) is 0 Å². The molecule has 3 aromatic rings. The van der Waals surface area contributed by atoms with Gasteiger partial charge in [-0.15, -0.1) is 11.3 Å². The Kier molecular flexibility index (Phi) is 3.55. The monoisotopic (exact) mass is 360 g/mol. The molecule has 0 bridgehead atoms. The number of aryl methyl sites for hydroxylation is 2. The lowest BCUT2D eigenvalue weighted by atomic mass is 10.0. The average Bonchev–Trinajstić information content (AvgIpc) is 2.76. The average molecular weight is 361 g/mol. The Morgan fingerprint density at radius 3 is 2.62 bits per heavy atom. The van der Waals surface area contributed by atoms with Gasteiger partial charge in [0.1, 0.15) is 0 Å². The quantitative estimate of drug-likeness (QED) is 0.699. The Hall–Kier alpha value is -1.72. The zero-order valence-electron chi connectivity index (χ0n) is 11.4. The Morgan fingerprint density at radius 1 is 1.24 bits per heavy atom. The number of aromatic nitrogens is 1. The SMILES string of the molecule is Cc1cc(-c2cc(C(=O)[O-])c3cc(Br)ccc3n2)c(C)s1. The molecule has 1 aromatic carbocycles. The minimum atomic E-state index is -1.19. The van der Waals surface area contributed by atoms with E-state index in [1.165, 1.54) is 4.88 Å². The molecule has 5 heteroatoms. The first-order valence-electron chi connectivity index (χ1n) is 6.35. The second kappa shape index (κ2) is 5.24. The van der Waals surface area contributed by atoms with E-state index in [0.29, 0.717) is 16.6 Å². The van der Waals surface area contributed by atoms with E-state index in [1.54, 1.807) is 23.5 Å². The summed E-state index contributed by atoms with van der Waals surface area (Å²) in [5, 5.41) is 12.0. The van der Waals surface area contributed by atoms with Crippen molar-refractivity contribution in [2.75, 3.05) is 0 Å². The zero-order valence-corrected chi connectivity index (χ0v) is 13.8. The summed E-state index contributed by atoms with van der Waals surface area (Å²) >= 11 is 5.03. The van der Waals surface area contributed by atoms with Crippen LogP contribution in [0.4, 0.5) is 0 Å². The summed E-state index contributed by atoms with van der Waals surface area (Å²) in [7, 11) is 0. The van der Waals surface area contributed by atoms with Gasteiger partial charge in [-0.05, 0) is 44.2 Å². The second-order valence-corrected chi connectivity index (χ2v) is 7.21.